The highest BCUT2D eigenvalue weighted by Crippen LogP contribution is 2.24. The Bertz CT molecular complexity index is 562. The lowest BCUT2D eigenvalue weighted by atomic mass is 9.93. The summed E-state index contributed by atoms with van der Waals surface area (Å²) in [7, 11) is 1.92. The molecule has 1 aromatic rings. The summed E-state index contributed by atoms with van der Waals surface area (Å²) in [4.78, 5) is 14.7. The number of nitrogens with zero attached hydrogens (tertiary/aromatic N) is 1. The van der Waals surface area contributed by atoms with Crippen LogP contribution in [-0.4, -0.2) is 30.4 Å². The maximum Gasteiger partial charge on any atom is 0.255 e. The fraction of sp³-hybridized carbons (Fsp3) is 0.500. The van der Waals surface area contributed by atoms with E-state index in [1.165, 1.54) is 19.3 Å². The topological polar surface area (TPSA) is 46.3 Å². The third kappa shape index (κ3) is 3.86. The van der Waals surface area contributed by atoms with Crippen LogP contribution >= 0.6 is 0 Å². The number of hydrogen-bond donors (Lipinski definition) is 1. The zero-order chi connectivity index (χ0) is 15.2. The van der Waals surface area contributed by atoms with Gasteiger partial charge < -0.3 is 10.6 Å². The summed E-state index contributed by atoms with van der Waals surface area (Å²) >= 11 is 0. The molecule has 2 N–H and O–H groups in total. The van der Waals surface area contributed by atoms with Gasteiger partial charge in [0.2, 0.25) is 0 Å². The average Bonchev–Trinajstić information content (AvgIpc) is 2.53. The molecule has 1 aliphatic carbocycles. The van der Waals surface area contributed by atoms with E-state index in [0.29, 0.717) is 18.2 Å². The lowest BCUT2D eigenvalue weighted by molar-refractivity contribution is 0.0696. The summed E-state index contributed by atoms with van der Waals surface area (Å²) in [5.41, 5.74) is 7.99. The van der Waals surface area contributed by atoms with Gasteiger partial charge in [-0.3, -0.25) is 4.79 Å². The molecule has 1 saturated carbocycles. The summed E-state index contributed by atoms with van der Waals surface area (Å²) in [6.45, 7) is 2.30. The maximum absolute atomic E-state index is 12.8. The van der Waals surface area contributed by atoms with Gasteiger partial charge in [-0.2, -0.15) is 0 Å². The molecule has 0 heterocycles. The van der Waals surface area contributed by atoms with Gasteiger partial charge in [-0.05, 0) is 31.9 Å². The molecule has 3 heteroatoms. The molecule has 0 aliphatic heterocycles. The summed E-state index contributed by atoms with van der Waals surface area (Å²) in [5, 5.41) is 0. The van der Waals surface area contributed by atoms with Crippen LogP contribution in [0.5, 0.6) is 0 Å². The molecular weight excluding hydrogens is 260 g/mol. The maximum atomic E-state index is 12.8. The van der Waals surface area contributed by atoms with E-state index in [1.54, 1.807) is 0 Å². The number of carbonyl (C=O) groups excluding carboxylic acids is 1. The van der Waals surface area contributed by atoms with E-state index in [1.807, 2.05) is 37.1 Å². The van der Waals surface area contributed by atoms with Crippen molar-refractivity contribution in [2.75, 3.05) is 13.6 Å². The standard InChI is InChI=1S/C18H24N2O/c1-14-10-11-15(7-6-12-19)17(13-14)18(21)20(2)16-8-4-3-5-9-16/h10-11,13,16H,3-5,8-9,12,19H2,1-2H3. The fourth-order valence-electron chi connectivity index (χ4n) is 2.91. The first-order chi connectivity index (χ1) is 10.1. The highest BCUT2D eigenvalue weighted by molar-refractivity contribution is 5.97. The third-order valence-corrected chi connectivity index (χ3v) is 4.17. The minimum Gasteiger partial charge on any atom is -0.339 e. The molecule has 0 atom stereocenters. The summed E-state index contributed by atoms with van der Waals surface area (Å²) in [6.07, 6.45) is 5.94. The van der Waals surface area contributed by atoms with Crippen molar-refractivity contribution >= 4 is 5.91 Å². The molecule has 0 aromatic heterocycles. The fourth-order valence-corrected chi connectivity index (χ4v) is 2.91. The molecule has 1 amide bonds. The van der Waals surface area contributed by atoms with Crippen molar-refractivity contribution in [2.24, 2.45) is 5.73 Å². The van der Waals surface area contributed by atoms with Gasteiger partial charge >= 0.3 is 0 Å². The van der Waals surface area contributed by atoms with Crippen LogP contribution in [0, 0.1) is 18.8 Å². The van der Waals surface area contributed by atoms with Crippen molar-refractivity contribution in [2.45, 2.75) is 45.1 Å². The van der Waals surface area contributed by atoms with Crippen LogP contribution in [0.3, 0.4) is 0 Å². The Labute approximate surface area is 127 Å². The number of amides is 1. The SMILES string of the molecule is Cc1ccc(C#CCN)c(C(=O)N(C)C2CCCCC2)c1. The summed E-state index contributed by atoms with van der Waals surface area (Å²) in [5.74, 6) is 5.94. The normalized spacial score (nSPS) is 15.2. The molecule has 0 saturated heterocycles. The second-order valence-electron chi connectivity index (χ2n) is 5.76. The second kappa shape index (κ2) is 7.28. The monoisotopic (exact) mass is 284 g/mol. The van der Waals surface area contributed by atoms with Gasteiger partial charge in [-0.1, -0.05) is 42.7 Å². The van der Waals surface area contributed by atoms with Gasteiger partial charge in [-0.15, -0.1) is 0 Å². The number of benzene rings is 1. The van der Waals surface area contributed by atoms with Gasteiger partial charge in [0.15, 0.2) is 0 Å². The molecule has 1 aliphatic rings. The van der Waals surface area contributed by atoms with Crippen LogP contribution < -0.4 is 5.73 Å². The first-order valence-corrected chi connectivity index (χ1v) is 7.70. The predicted molar refractivity (Wildman–Crippen MR) is 86.1 cm³/mol. The average molecular weight is 284 g/mol. The molecule has 112 valence electrons. The Balaban J connectivity index is 2.26. The van der Waals surface area contributed by atoms with E-state index in [0.717, 1.165) is 24.0 Å². The second-order valence-corrected chi connectivity index (χ2v) is 5.76. The van der Waals surface area contributed by atoms with Crippen molar-refractivity contribution < 1.29 is 4.79 Å². The number of hydrogen-bond acceptors (Lipinski definition) is 2. The van der Waals surface area contributed by atoms with Crippen LogP contribution in [0.4, 0.5) is 0 Å². The molecule has 0 spiro atoms. The van der Waals surface area contributed by atoms with Crippen LogP contribution in [0.15, 0.2) is 18.2 Å². The first kappa shape index (κ1) is 15.6. The molecule has 0 radical (unpaired) electrons. The summed E-state index contributed by atoms with van der Waals surface area (Å²) < 4.78 is 0. The molecule has 21 heavy (non-hydrogen) atoms. The van der Waals surface area contributed by atoms with E-state index < -0.39 is 0 Å². The van der Waals surface area contributed by atoms with Gasteiger partial charge in [0, 0.05) is 18.7 Å². The quantitative estimate of drug-likeness (QED) is 0.849. The van der Waals surface area contributed by atoms with Gasteiger partial charge in [0.1, 0.15) is 0 Å². The first-order valence-electron chi connectivity index (χ1n) is 7.70. The lowest BCUT2D eigenvalue weighted by Crippen LogP contribution is -2.38. The molecule has 3 nitrogen and oxygen atoms in total. The Morgan fingerprint density at radius 3 is 2.71 bits per heavy atom. The van der Waals surface area contributed by atoms with Crippen molar-refractivity contribution in [3.63, 3.8) is 0 Å². The predicted octanol–water partition coefficient (Wildman–Crippen LogP) is 2.71. The van der Waals surface area contributed by atoms with E-state index >= 15 is 0 Å². The summed E-state index contributed by atoms with van der Waals surface area (Å²) in [6, 6.07) is 6.20. The lowest BCUT2D eigenvalue weighted by Gasteiger charge is -2.31. The number of nitrogens with two attached hydrogens (primary N) is 1. The van der Waals surface area contributed by atoms with Crippen molar-refractivity contribution in [3.05, 3.63) is 34.9 Å². The number of aryl methyl sites for hydroxylation is 1. The smallest absolute Gasteiger partial charge is 0.255 e. The van der Waals surface area contributed by atoms with Crippen molar-refractivity contribution in [3.8, 4) is 11.8 Å². The van der Waals surface area contributed by atoms with Gasteiger partial charge in [0.05, 0.1) is 12.1 Å². The van der Waals surface area contributed by atoms with Crippen LogP contribution in [0.25, 0.3) is 0 Å². The third-order valence-electron chi connectivity index (χ3n) is 4.17. The van der Waals surface area contributed by atoms with Gasteiger partial charge in [-0.25, -0.2) is 0 Å². The molecule has 1 aromatic carbocycles. The highest BCUT2D eigenvalue weighted by atomic mass is 16.2. The zero-order valence-electron chi connectivity index (χ0n) is 13.0. The van der Waals surface area contributed by atoms with Crippen molar-refractivity contribution in [1.29, 1.82) is 0 Å². The Morgan fingerprint density at radius 2 is 2.05 bits per heavy atom. The Kier molecular flexibility index (Phi) is 5.41. The molecular formula is C18H24N2O. The van der Waals surface area contributed by atoms with Gasteiger partial charge in [0.25, 0.3) is 5.91 Å². The Morgan fingerprint density at radius 1 is 1.33 bits per heavy atom. The number of rotatable bonds is 2. The Hall–Kier alpha value is -1.79. The van der Waals surface area contributed by atoms with E-state index in [2.05, 4.69) is 11.8 Å². The number of carbonyl (C=O) groups is 1. The minimum atomic E-state index is 0.0759. The molecule has 2 rings (SSSR count). The molecule has 0 bridgehead atoms. The van der Waals surface area contributed by atoms with E-state index in [-0.39, 0.29) is 5.91 Å². The minimum absolute atomic E-state index is 0.0759. The molecule has 1 fully saturated rings. The van der Waals surface area contributed by atoms with Crippen LogP contribution in [-0.2, 0) is 0 Å². The highest BCUT2D eigenvalue weighted by Gasteiger charge is 2.24. The van der Waals surface area contributed by atoms with E-state index in [9.17, 15) is 4.79 Å². The van der Waals surface area contributed by atoms with Crippen molar-refractivity contribution in [1.82, 2.24) is 4.90 Å². The van der Waals surface area contributed by atoms with Crippen LogP contribution in [0.2, 0.25) is 0 Å². The molecule has 0 unspecified atom stereocenters. The zero-order valence-corrected chi connectivity index (χ0v) is 13.0. The van der Waals surface area contributed by atoms with Crippen LogP contribution in [0.1, 0.15) is 53.6 Å². The largest absolute Gasteiger partial charge is 0.339 e. The van der Waals surface area contributed by atoms with E-state index in [4.69, 9.17) is 5.73 Å².